The Bertz CT molecular complexity index is 771. The summed E-state index contributed by atoms with van der Waals surface area (Å²) >= 11 is 0. The molecule has 1 atom stereocenters. The van der Waals surface area contributed by atoms with E-state index in [1.165, 1.54) is 0 Å². The van der Waals surface area contributed by atoms with E-state index >= 15 is 0 Å². The molecule has 0 aliphatic carbocycles. The number of carbonyl (C=O) groups excluding carboxylic acids is 3. The summed E-state index contributed by atoms with van der Waals surface area (Å²) in [6, 6.07) is 6.49. The summed E-state index contributed by atoms with van der Waals surface area (Å²) in [4.78, 5) is 34.0. The van der Waals surface area contributed by atoms with Crippen molar-refractivity contribution >= 4 is 18.2 Å². The molecule has 2 aromatic rings. The number of benzene rings is 1. The molecule has 0 spiro atoms. The van der Waals surface area contributed by atoms with Crippen LogP contribution in [0.15, 0.2) is 30.5 Å². The first-order chi connectivity index (χ1) is 11.7. The Labute approximate surface area is 137 Å². The van der Waals surface area contributed by atoms with Crippen molar-refractivity contribution in [2.24, 2.45) is 0 Å². The molecule has 1 aliphatic rings. The second-order valence-electron chi connectivity index (χ2n) is 5.44. The van der Waals surface area contributed by atoms with E-state index in [-0.39, 0.29) is 18.3 Å². The Balaban J connectivity index is 1.56. The lowest BCUT2D eigenvalue weighted by molar-refractivity contribution is -0.141. The number of carbonyl (C=O) groups is 3. The number of hydrogen-bond donors (Lipinski definition) is 1. The topological polar surface area (TPSA) is 103 Å². The Hall–Kier alpha value is -3.03. The SMILES string of the molecule is O=Cc1cccc(-c2cn(CCC(=O)N[C@H]3CCOC3=O)nn2)c1. The second kappa shape index (κ2) is 7.03. The van der Waals surface area contributed by atoms with Crippen LogP contribution in [0.1, 0.15) is 23.2 Å². The number of cyclic esters (lactones) is 1. The first-order valence-corrected chi connectivity index (χ1v) is 7.57. The molecule has 24 heavy (non-hydrogen) atoms. The Morgan fingerprint density at radius 3 is 3.08 bits per heavy atom. The lowest BCUT2D eigenvalue weighted by atomic mass is 10.1. The Morgan fingerprint density at radius 1 is 1.46 bits per heavy atom. The van der Waals surface area contributed by atoms with E-state index < -0.39 is 6.04 Å². The molecule has 8 nitrogen and oxygen atoms in total. The van der Waals surface area contributed by atoms with Crippen molar-refractivity contribution in [1.29, 1.82) is 0 Å². The van der Waals surface area contributed by atoms with Crippen LogP contribution in [-0.2, 0) is 20.9 Å². The van der Waals surface area contributed by atoms with Crippen LogP contribution in [0.2, 0.25) is 0 Å². The van der Waals surface area contributed by atoms with Gasteiger partial charge < -0.3 is 10.1 Å². The van der Waals surface area contributed by atoms with Gasteiger partial charge in [0.15, 0.2) is 0 Å². The van der Waals surface area contributed by atoms with Crippen molar-refractivity contribution < 1.29 is 19.1 Å². The fourth-order valence-corrected chi connectivity index (χ4v) is 2.42. The fourth-order valence-electron chi connectivity index (χ4n) is 2.42. The van der Waals surface area contributed by atoms with Gasteiger partial charge in [-0.25, -0.2) is 4.79 Å². The third-order valence-electron chi connectivity index (χ3n) is 3.70. The van der Waals surface area contributed by atoms with Crippen molar-refractivity contribution in [3.05, 3.63) is 36.0 Å². The van der Waals surface area contributed by atoms with Gasteiger partial charge in [-0.2, -0.15) is 0 Å². The number of nitrogens with one attached hydrogen (secondary N) is 1. The predicted octanol–water partition coefficient (Wildman–Crippen LogP) is 0.579. The summed E-state index contributed by atoms with van der Waals surface area (Å²) < 4.78 is 6.35. The molecule has 1 aliphatic heterocycles. The number of amides is 1. The molecule has 8 heteroatoms. The zero-order valence-electron chi connectivity index (χ0n) is 12.8. The molecule has 124 valence electrons. The van der Waals surface area contributed by atoms with Crippen LogP contribution in [0.3, 0.4) is 0 Å². The number of aromatic nitrogens is 3. The van der Waals surface area contributed by atoms with Crippen LogP contribution >= 0.6 is 0 Å². The van der Waals surface area contributed by atoms with Crippen LogP contribution in [0.25, 0.3) is 11.3 Å². The third-order valence-corrected chi connectivity index (χ3v) is 3.70. The number of aryl methyl sites for hydroxylation is 1. The van der Waals surface area contributed by atoms with Gasteiger partial charge in [-0.1, -0.05) is 23.4 Å². The molecule has 1 aromatic heterocycles. The maximum Gasteiger partial charge on any atom is 0.328 e. The van der Waals surface area contributed by atoms with Crippen molar-refractivity contribution in [3.8, 4) is 11.3 Å². The first kappa shape index (κ1) is 15.9. The summed E-state index contributed by atoms with van der Waals surface area (Å²) in [6.45, 7) is 0.685. The first-order valence-electron chi connectivity index (χ1n) is 7.57. The zero-order chi connectivity index (χ0) is 16.9. The van der Waals surface area contributed by atoms with Gasteiger partial charge in [0.1, 0.15) is 18.0 Å². The zero-order valence-corrected chi connectivity index (χ0v) is 12.8. The highest BCUT2D eigenvalue weighted by atomic mass is 16.5. The monoisotopic (exact) mass is 328 g/mol. The summed E-state index contributed by atoms with van der Waals surface area (Å²) in [5.74, 6) is -0.625. The molecule has 1 aromatic carbocycles. The van der Waals surface area contributed by atoms with Crippen molar-refractivity contribution in [3.63, 3.8) is 0 Å². The maximum atomic E-state index is 11.9. The van der Waals surface area contributed by atoms with Crippen LogP contribution in [0.5, 0.6) is 0 Å². The number of nitrogens with zero attached hydrogens (tertiary/aromatic N) is 3. The van der Waals surface area contributed by atoms with E-state index in [0.717, 1.165) is 11.8 Å². The van der Waals surface area contributed by atoms with Gasteiger partial charge >= 0.3 is 5.97 Å². The average molecular weight is 328 g/mol. The van der Waals surface area contributed by atoms with E-state index in [2.05, 4.69) is 15.6 Å². The van der Waals surface area contributed by atoms with Gasteiger partial charge in [0.2, 0.25) is 5.91 Å². The van der Waals surface area contributed by atoms with E-state index in [1.807, 2.05) is 6.07 Å². The molecule has 2 heterocycles. The molecule has 1 fully saturated rings. The number of hydrogen-bond acceptors (Lipinski definition) is 6. The molecule has 1 N–H and O–H groups in total. The van der Waals surface area contributed by atoms with Gasteiger partial charge in [-0.3, -0.25) is 14.3 Å². The smallest absolute Gasteiger partial charge is 0.328 e. The van der Waals surface area contributed by atoms with Crippen LogP contribution in [-0.4, -0.2) is 45.8 Å². The summed E-state index contributed by atoms with van der Waals surface area (Å²) in [5, 5.41) is 10.7. The Morgan fingerprint density at radius 2 is 2.33 bits per heavy atom. The number of rotatable bonds is 6. The summed E-state index contributed by atoms with van der Waals surface area (Å²) in [7, 11) is 0. The summed E-state index contributed by atoms with van der Waals surface area (Å²) in [6.07, 6.45) is 3.17. The molecule has 0 saturated carbocycles. The van der Waals surface area contributed by atoms with E-state index in [1.54, 1.807) is 29.1 Å². The fraction of sp³-hybridized carbons (Fsp3) is 0.312. The third kappa shape index (κ3) is 3.65. The number of ether oxygens (including phenoxy) is 1. The van der Waals surface area contributed by atoms with Crippen LogP contribution in [0, 0.1) is 0 Å². The second-order valence-corrected chi connectivity index (χ2v) is 5.44. The van der Waals surface area contributed by atoms with Crippen LogP contribution in [0.4, 0.5) is 0 Å². The summed E-state index contributed by atoms with van der Waals surface area (Å²) in [5.41, 5.74) is 1.97. The largest absolute Gasteiger partial charge is 0.464 e. The molecular weight excluding hydrogens is 312 g/mol. The highest BCUT2D eigenvalue weighted by Crippen LogP contribution is 2.17. The highest BCUT2D eigenvalue weighted by Gasteiger charge is 2.27. The normalized spacial score (nSPS) is 16.7. The maximum absolute atomic E-state index is 11.9. The van der Waals surface area contributed by atoms with E-state index in [9.17, 15) is 14.4 Å². The quantitative estimate of drug-likeness (QED) is 0.614. The van der Waals surface area contributed by atoms with E-state index in [0.29, 0.717) is 30.8 Å². The molecule has 3 rings (SSSR count). The van der Waals surface area contributed by atoms with Gasteiger partial charge in [0.25, 0.3) is 0 Å². The molecule has 0 bridgehead atoms. The lowest BCUT2D eigenvalue weighted by Gasteiger charge is -2.08. The highest BCUT2D eigenvalue weighted by molar-refractivity contribution is 5.85. The predicted molar refractivity (Wildman–Crippen MR) is 83.0 cm³/mol. The number of esters is 1. The minimum atomic E-state index is -0.546. The van der Waals surface area contributed by atoms with Gasteiger partial charge in [0.05, 0.1) is 19.3 Å². The molecule has 1 saturated heterocycles. The lowest BCUT2D eigenvalue weighted by Crippen LogP contribution is -2.38. The molecule has 0 radical (unpaired) electrons. The number of aldehydes is 1. The Kier molecular flexibility index (Phi) is 4.64. The molecule has 0 unspecified atom stereocenters. The standard InChI is InChI=1S/C16H16N4O4/c21-10-11-2-1-3-12(8-11)14-9-20(19-18-14)6-4-15(22)17-13-5-7-24-16(13)23/h1-3,8-10,13H,4-7H2,(H,17,22)/t13-/m0/s1. The van der Waals surface area contributed by atoms with Gasteiger partial charge in [-0.05, 0) is 6.07 Å². The van der Waals surface area contributed by atoms with Gasteiger partial charge in [0, 0.05) is 24.0 Å². The van der Waals surface area contributed by atoms with Crippen LogP contribution < -0.4 is 5.32 Å². The van der Waals surface area contributed by atoms with Crippen molar-refractivity contribution in [2.75, 3.05) is 6.61 Å². The minimum Gasteiger partial charge on any atom is -0.464 e. The average Bonchev–Trinajstić information content (AvgIpc) is 3.23. The molecular formula is C16H16N4O4. The van der Waals surface area contributed by atoms with E-state index in [4.69, 9.17) is 4.74 Å². The minimum absolute atomic E-state index is 0.182. The van der Waals surface area contributed by atoms with Crippen molar-refractivity contribution in [1.82, 2.24) is 20.3 Å². The molecule has 1 amide bonds. The van der Waals surface area contributed by atoms with Gasteiger partial charge in [-0.15, -0.1) is 5.10 Å². The van der Waals surface area contributed by atoms with Crippen molar-refractivity contribution in [2.45, 2.75) is 25.4 Å².